The minimum atomic E-state index is -0.140. The van der Waals surface area contributed by atoms with Crippen molar-refractivity contribution in [3.63, 3.8) is 0 Å². The van der Waals surface area contributed by atoms with Gasteiger partial charge in [-0.2, -0.15) is 0 Å². The summed E-state index contributed by atoms with van der Waals surface area (Å²) in [5.74, 6) is 0.789. The van der Waals surface area contributed by atoms with Crippen molar-refractivity contribution in [3.05, 3.63) is 95.9 Å². The molecular weight excluding hydrogens is 462 g/mol. The maximum Gasteiger partial charge on any atom is 0.236 e. The Bertz CT molecular complexity index is 1400. The van der Waals surface area contributed by atoms with Gasteiger partial charge in [0.05, 0.1) is 11.4 Å². The zero-order valence-corrected chi connectivity index (χ0v) is 20.0. The van der Waals surface area contributed by atoms with Crippen molar-refractivity contribution in [1.82, 2.24) is 19.7 Å². The Morgan fingerprint density at radius 3 is 2.29 bits per heavy atom. The van der Waals surface area contributed by atoms with Crippen LogP contribution >= 0.6 is 23.1 Å². The van der Waals surface area contributed by atoms with Crippen LogP contribution in [0.5, 0.6) is 0 Å². The number of benzene rings is 3. The van der Waals surface area contributed by atoms with E-state index in [-0.39, 0.29) is 11.7 Å². The van der Waals surface area contributed by atoms with Crippen LogP contribution in [-0.2, 0) is 4.79 Å². The Kier molecular flexibility index (Phi) is 6.51. The average Bonchev–Trinajstić information content (AvgIpc) is 3.52. The first-order chi connectivity index (χ1) is 16.7. The van der Waals surface area contributed by atoms with Crippen LogP contribution in [0.3, 0.4) is 0 Å². The Morgan fingerprint density at radius 2 is 1.59 bits per heavy atom. The molecule has 34 heavy (non-hydrogen) atoms. The molecule has 0 unspecified atom stereocenters. The third-order valence-electron chi connectivity index (χ3n) is 5.11. The second-order valence-corrected chi connectivity index (χ2v) is 9.38. The van der Waals surface area contributed by atoms with Crippen LogP contribution in [-0.4, -0.2) is 31.4 Å². The number of aromatic nitrogens is 4. The van der Waals surface area contributed by atoms with E-state index in [0.29, 0.717) is 10.3 Å². The highest BCUT2D eigenvalue weighted by atomic mass is 32.2. The van der Waals surface area contributed by atoms with Crippen molar-refractivity contribution in [2.24, 2.45) is 0 Å². The third-order valence-corrected chi connectivity index (χ3v) is 6.80. The van der Waals surface area contributed by atoms with Crippen LogP contribution in [0.2, 0.25) is 0 Å². The molecule has 6 nitrogen and oxygen atoms in total. The number of carbonyl (C=O) groups is 1. The Morgan fingerprint density at radius 1 is 0.912 bits per heavy atom. The van der Waals surface area contributed by atoms with Gasteiger partial charge in [0.25, 0.3) is 0 Å². The van der Waals surface area contributed by atoms with Crippen molar-refractivity contribution >= 4 is 34.1 Å². The highest BCUT2D eigenvalue weighted by molar-refractivity contribution is 7.99. The smallest absolute Gasteiger partial charge is 0.236 e. The van der Waals surface area contributed by atoms with E-state index in [0.717, 1.165) is 28.3 Å². The molecule has 2 heterocycles. The molecule has 0 radical (unpaired) electrons. The Hall–Kier alpha value is -3.75. The van der Waals surface area contributed by atoms with Crippen molar-refractivity contribution in [1.29, 1.82) is 0 Å². The topological polar surface area (TPSA) is 72.7 Å². The van der Waals surface area contributed by atoms with E-state index < -0.39 is 0 Å². The van der Waals surface area contributed by atoms with Crippen LogP contribution in [0.25, 0.3) is 28.3 Å². The van der Waals surface area contributed by atoms with Crippen LogP contribution in [0.15, 0.2) is 95.5 Å². The van der Waals surface area contributed by atoms with E-state index >= 15 is 0 Å². The van der Waals surface area contributed by atoms with E-state index in [2.05, 4.69) is 39.6 Å². The van der Waals surface area contributed by atoms with Crippen LogP contribution < -0.4 is 5.32 Å². The molecule has 2 aromatic heterocycles. The van der Waals surface area contributed by atoms with Crippen LogP contribution in [0.1, 0.15) is 5.56 Å². The number of thiazole rings is 1. The maximum atomic E-state index is 12.7. The molecule has 0 spiro atoms. The maximum absolute atomic E-state index is 12.7. The fourth-order valence-corrected chi connectivity index (χ4v) is 4.91. The summed E-state index contributed by atoms with van der Waals surface area (Å²) in [6.45, 7) is 2.05. The van der Waals surface area contributed by atoms with Gasteiger partial charge in [0.15, 0.2) is 16.1 Å². The lowest BCUT2D eigenvalue weighted by Crippen LogP contribution is -2.14. The summed E-state index contributed by atoms with van der Waals surface area (Å²) in [7, 11) is 0. The van der Waals surface area contributed by atoms with Gasteiger partial charge in [-0.1, -0.05) is 90.1 Å². The van der Waals surface area contributed by atoms with Gasteiger partial charge in [0.2, 0.25) is 5.91 Å². The number of nitrogens with one attached hydrogen (secondary N) is 1. The molecule has 1 N–H and O–H groups in total. The summed E-state index contributed by atoms with van der Waals surface area (Å²) < 4.78 is 1.99. The monoisotopic (exact) mass is 483 g/mol. The number of aryl methyl sites for hydroxylation is 1. The standard InChI is InChI=1S/C26H21N5OS2/c1-18-12-14-21(15-13-18)31-24(20-10-6-3-7-11-20)29-30-26(31)34-17-23(32)28-25-27-22(16-33-25)19-8-4-2-5-9-19/h2-16H,17H2,1H3,(H,27,28,32). The fraction of sp³-hybridized carbons (Fsp3) is 0.0769. The molecule has 0 aliphatic carbocycles. The minimum Gasteiger partial charge on any atom is -0.301 e. The van der Waals surface area contributed by atoms with Gasteiger partial charge in [-0.05, 0) is 19.1 Å². The normalized spacial score (nSPS) is 10.9. The summed E-state index contributed by atoms with van der Waals surface area (Å²) >= 11 is 2.76. The quantitative estimate of drug-likeness (QED) is 0.283. The molecule has 0 saturated carbocycles. The number of rotatable bonds is 7. The zero-order valence-electron chi connectivity index (χ0n) is 18.4. The Balaban J connectivity index is 1.33. The van der Waals surface area contributed by atoms with Crippen molar-refractivity contribution in [2.45, 2.75) is 12.1 Å². The summed E-state index contributed by atoms with van der Waals surface area (Å²) in [4.78, 5) is 17.2. The average molecular weight is 484 g/mol. The summed E-state index contributed by atoms with van der Waals surface area (Å²) in [5.41, 5.74) is 4.95. The lowest BCUT2D eigenvalue weighted by Gasteiger charge is -2.10. The van der Waals surface area contributed by atoms with Gasteiger partial charge in [0, 0.05) is 22.2 Å². The number of hydrogen-bond donors (Lipinski definition) is 1. The molecule has 1 amide bonds. The van der Waals surface area contributed by atoms with Gasteiger partial charge < -0.3 is 5.32 Å². The molecule has 0 atom stereocenters. The van der Waals surface area contributed by atoms with E-state index in [1.54, 1.807) is 0 Å². The number of carbonyl (C=O) groups excluding carboxylic acids is 1. The van der Waals surface area contributed by atoms with E-state index in [4.69, 9.17) is 0 Å². The second-order valence-electron chi connectivity index (χ2n) is 7.58. The van der Waals surface area contributed by atoms with Crippen molar-refractivity contribution < 1.29 is 4.79 Å². The largest absolute Gasteiger partial charge is 0.301 e. The summed E-state index contributed by atoms with van der Waals surface area (Å²) in [5, 5.41) is 14.9. The fourth-order valence-electron chi connectivity index (χ4n) is 3.42. The molecule has 0 bridgehead atoms. The highest BCUT2D eigenvalue weighted by Gasteiger charge is 2.17. The summed E-state index contributed by atoms with van der Waals surface area (Å²) in [6, 6.07) is 28.0. The molecule has 5 aromatic rings. The molecule has 0 aliphatic heterocycles. The molecule has 8 heteroatoms. The molecular formula is C26H21N5OS2. The van der Waals surface area contributed by atoms with E-state index in [9.17, 15) is 4.79 Å². The number of anilines is 1. The predicted molar refractivity (Wildman–Crippen MR) is 138 cm³/mol. The number of thioether (sulfide) groups is 1. The van der Waals surface area contributed by atoms with Gasteiger partial charge in [-0.3, -0.25) is 9.36 Å². The second kappa shape index (κ2) is 10.0. The Labute approximate surface area is 205 Å². The first-order valence-electron chi connectivity index (χ1n) is 10.7. The third kappa shape index (κ3) is 4.93. The SMILES string of the molecule is Cc1ccc(-n2c(SCC(=O)Nc3nc(-c4ccccc4)cs3)nnc2-c2ccccc2)cc1. The molecule has 168 valence electrons. The molecule has 3 aromatic carbocycles. The van der Waals surface area contributed by atoms with Crippen LogP contribution in [0.4, 0.5) is 5.13 Å². The van der Waals surface area contributed by atoms with E-state index in [1.165, 1.54) is 28.7 Å². The molecule has 0 fully saturated rings. The van der Waals surface area contributed by atoms with Crippen molar-refractivity contribution in [3.8, 4) is 28.3 Å². The summed E-state index contributed by atoms with van der Waals surface area (Å²) in [6.07, 6.45) is 0. The number of nitrogens with zero attached hydrogens (tertiary/aromatic N) is 4. The zero-order chi connectivity index (χ0) is 23.3. The highest BCUT2D eigenvalue weighted by Crippen LogP contribution is 2.29. The van der Waals surface area contributed by atoms with E-state index in [1.807, 2.05) is 82.7 Å². The lowest BCUT2D eigenvalue weighted by atomic mass is 10.2. The molecule has 0 aliphatic rings. The van der Waals surface area contributed by atoms with Gasteiger partial charge in [-0.25, -0.2) is 4.98 Å². The molecule has 5 rings (SSSR count). The first kappa shape index (κ1) is 22.1. The molecule has 0 saturated heterocycles. The lowest BCUT2D eigenvalue weighted by molar-refractivity contribution is -0.113. The number of amides is 1. The minimum absolute atomic E-state index is 0.140. The van der Waals surface area contributed by atoms with Crippen LogP contribution in [0, 0.1) is 6.92 Å². The van der Waals surface area contributed by atoms with Gasteiger partial charge in [-0.15, -0.1) is 21.5 Å². The van der Waals surface area contributed by atoms with Gasteiger partial charge >= 0.3 is 0 Å². The number of hydrogen-bond acceptors (Lipinski definition) is 6. The first-order valence-corrected chi connectivity index (χ1v) is 12.6. The van der Waals surface area contributed by atoms with Gasteiger partial charge in [0.1, 0.15) is 0 Å². The van der Waals surface area contributed by atoms with Crippen molar-refractivity contribution in [2.75, 3.05) is 11.1 Å². The predicted octanol–water partition coefficient (Wildman–Crippen LogP) is 6.10.